The van der Waals surface area contributed by atoms with E-state index in [-0.39, 0.29) is 5.91 Å². The summed E-state index contributed by atoms with van der Waals surface area (Å²) >= 11 is 0. The van der Waals surface area contributed by atoms with Crippen LogP contribution in [0, 0.1) is 5.92 Å². The standard InChI is InChI=1S/C19H30N4O/c1-5-22(6-2)13-14-23-17-10-8-7-9-16(17)20-19(23)21-18(24)12-11-15(3)4/h7-10,15H,5-6,11-14H2,1-4H3,(H,20,21,24). The van der Waals surface area contributed by atoms with Crippen LogP contribution in [0.1, 0.15) is 40.5 Å². The van der Waals surface area contributed by atoms with Gasteiger partial charge in [-0.05, 0) is 37.6 Å². The van der Waals surface area contributed by atoms with Crippen LogP contribution in [0.2, 0.25) is 0 Å². The number of nitrogens with zero attached hydrogens (tertiary/aromatic N) is 3. The quantitative estimate of drug-likeness (QED) is 0.762. The highest BCUT2D eigenvalue weighted by Crippen LogP contribution is 2.20. The molecular weight excluding hydrogens is 300 g/mol. The van der Waals surface area contributed by atoms with Gasteiger partial charge in [0.15, 0.2) is 0 Å². The number of imidazole rings is 1. The number of likely N-dealkylation sites (N-methyl/N-ethyl adjacent to an activating group) is 1. The molecule has 132 valence electrons. The van der Waals surface area contributed by atoms with Crippen molar-refractivity contribution < 1.29 is 4.79 Å². The summed E-state index contributed by atoms with van der Waals surface area (Å²) in [5.41, 5.74) is 2.00. The van der Waals surface area contributed by atoms with E-state index in [9.17, 15) is 4.79 Å². The first-order chi connectivity index (χ1) is 11.5. The van der Waals surface area contributed by atoms with Crippen LogP contribution in [0.3, 0.4) is 0 Å². The molecule has 0 saturated carbocycles. The summed E-state index contributed by atoms with van der Waals surface area (Å²) in [5, 5.41) is 3.01. The van der Waals surface area contributed by atoms with Crippen LogP contribution in [-0.4, -0.2) is 40.0 Å². The number of amides is 1. The van der Waals surface area contributed by atoms with Gasteiger partial charge < -0.3 is 9.47 Å². The fraction of sp³-hybridized carbons (Fsp3) is 0.579. The summed E-state index contributed by atoms with van der Waals surface area (Å²) < 4.78 is 2.13. The fourth-order valence-electron chi connectivity index (χ4n) is 2.79. The van der Waals surface area contributed by atoms with Crippen LogP contribution >= 0.6 is 0 Å². The minimum absolute atomic E-state index is 0.0445. The number of para-hydroxylation sites is 2. The van der Waals surface area contributed by atoms with Gasteiger partial charge in [0.05, 0.1) is 11.0 Å². The minimum Gasteiger partial charge on any atom is -0.309 e. The maximum Gasteiger partial charge on any atom is 0.226 e. The van der Waals surface area contributed by atoms with E-state index in [0.717, 1.165) is 43.6 Å². The summed E-state index contributed by atoms with van der Waals surface area (Å²) in [5.74, 6) is 1.23. The summed E-state index contributed by atoms with van der Waals surface area (Å²) in [4.78, 5) is 19.2. The third-order valence-corrected chi connectivity index (χ3v) is 4.39. The molecule has 2 aromatic rings. The zero-order chi connectivity index (χ0) is 17.5. The van der Waals surface area contributed by atoms with Crippen LogP contribution in [0.5, 0.6) is 0 Å². The van der Waals surface area contributed by atoms with E-state index >= 15 is 0 Å². The van der Waals surface area contributed by atoms with E-state index < -0.39 is 0 Å². The second kappa shape index (κ2) is 8.83. The number of rotatable bonds is 9. The van der Waals surface area contributed by atoms with Crippen molar-refractivity contribution in [3.8, 4) is 0 Å². The summed E-state index contributed by atoms with van der Waals surface area (Å²) in [6, 6.07) is 8.05. The van der Waals surface area contributed by atoms with Gasteiger partial charge in [0.2, 0.25) is 11.9 Å². The molecule has 5 nitrogen and oxygen atoms in total. The van der Waals surface area contributed by atoms with Gasteiger partial charge in [0.25, 0.3) is 0 Å². The summed E-state index contributed by atoms with van der Waals surface area (Å²) in [7, 11) is 0. The first kappa shape index (κ1) is 18.5. The average molecular weight is 330 g/mol. The van der Waals surface area contributed by atoms with E-state index in [1.807, 2.05) is 18.2 Å². The van der Waals surface area contributed by atoms with E-state index in [1.54, 1.807) is 0 Å². The SMILES string of the molecule is CCN(CC)CCn1c(NC(=O)CCC(C)C)nc2ccccc21. The molecule has 1 N–H and O–H groups in total. The zero-order valence-corrected chi connectivity index (χ0v) is 15.4. The molecule has 1 aromatic carbocycles. The molecule has 0 atom stereocenters. The second-order valence-electron chi connectivity index (χ2n) is 6.58. The Labute approximate surface area is 145 Å². The average Bonchev–Trinajstić information content (AvgIpc) is 2.91. The Hall–Kier alpha value is -1.88. The molecule has 0 fully saturated rings. The Morgan fingerprint density at radius 2 is 1.96 bits per heavy atom. The Morgan fingerprint density at radius 1 is 1.25 bits per heavy atom. The van der Waals surface area contributed by atoms with E-state index in [2.05, 4.69) is 53.5 Å². The highest BCUT2D eigenvalue weighted by atomic mass is 16.1. The number of hydrogen-bond acceptors (Lipinski definition) is 3. The highest BCUT2D eigenvalue weighted by Gasteiger charge is 2.14. The van der Waals surface area contributed by atoms with Gasteiger partial charge in [-0.15, -0.1) is 0 Å². The second-order valence-corrected chi connectivity index (χ2v) is 6.58. The molecule has 0 saturated heterocycles. The van der Waals surface area contributed by atoms with Crippen LogP contribution in [0.25, 0.3) is 11.0 Å². The smallest absolute Gasteiger partial charge is 0.226 e. The van der Waals surface area contributed by atoms with Crippen molar-refractivity contribution in [1.82, 2.24) is 14.5 Å². The fourth-order valence-corrected chi connectivity index (χ4v) is 2.79. The van der Waals surface area contributed by atoms with Gasteiger partial charge in [-0.3, -0.25) is 10.1 Å². The van der Waals surface area contributed by atoms with Crippen LogP contribution in [0.4, 0.5) is 5.95 Å². The molecule has 0 radical (unpaired) electrons. The van der Waals surface area contributed by atoms with Crippen molar-refractivity contribution >= 4 is 22.9 Å². The molecule has 0 bridgehead atoms. The lowest BCUT2D eigenvalue weighted by Gasteiger charge is -2.19. The number of nitrogens with one attached hydrogen (secondary N) is 1. The highest BCUT2D eigenvalue weighted by molar-refractivity contribution is 5.91. The molecule has 0 spiro atoms. The Kier molecular flexibility index (Phi) is 6.79. The Balaban J connectivity index is 2.18. The number of carbonyl (C=O) groups excluding carboxylic acids is 1. The number of hydrogen-bond donors (Lipinski definition) is 1. The topological polar surface area (TPSA) is 50.2 Å². The first-order valence-corrected chi connectivity index (χ1v) is 9.02. The minimum atomic E-state index is 0.0445. The van der Waals surface area contributed by atoms with Gasteiger partial charge in [0, 0.05) is 19.5 Å². The van der Waals surface area contributed by atoms with Crippen LogP contribution in [-0.2, 0) is 11.3 Å². The third-order valence-electron chi connectivity index (χ3n) is 4.39. The normalized spacial score (nSPS) is 11.6. The van der Waals surface area contributed by atoms with Gasteiger partial charge in [0.1, 0.15) is 0 Å². The number of anilines is 1. The number of fused-ring (bicyclic) bond motifs is 1. The molecule has 24 heavy (non-hydrogen) atoms. The molecule has 2 rings (SSSR count). The van der Waals surface area contributed by atoms with E-state index in [4.69, 9.17) is 0 Å². The van der Waals surface area contributed by atoms with Gasteiger partial charge in [-0.1, -0.05) is 39.8 Å². The molecule has 1 amide bonds. The van der Waals surface area contributed by atoms with E-state index in [0.29, 0.717) is 18.3 Å². The zero-order valence-electron chi connectivity index (χ0n) is 15.4. The largest absolute Gasteiger partial charge is 0.309 e. The lowest BCUT2D eigenvalue weighted by molar-refractivity contribution is -0.116. The molecule has 5 heteroatoms. The molecule has 0 unspecified atom stereocenters. The first-order valence-electron chi connectivity index (χ1n) is 9.02. The van der Waals surface area contributed by atoms with Crippen molar-refractivity contribution in [3.63, 3.8) is 0 Å². The number of benzene rings is 1. The monoisotopic (exact) mass is 330 g/mol. The summed E-state index contributed by atoms with van der Waals surface area (Å²) in [6.07, 6.45) is 1.43. The van der Waals surface area contributed by atoms with Gasteiger partial charge >= 0.3 is 0 Å². The predicted octanol–water partition coefficient (Wildman–Crippen LogP) is 3.75. The van der Waals surface area contributed by atoms with Crippen molar-refractivity contribution in [2.45, 2.75) is 47.1 Å². The van der Waals surface area contributed by atoms with Crippen molar-refractivity contribution in [3.05, 3.63) is 24.3 Å². The number of carbonyl (C=O) groups is 1. The maximum absolute atomic E-state index is 12.2. The molecule has 0 aliphatic heterocycles. The Morgan fingerprint density at radius 3 is 2.62 bits per heavy atom. The maximum atomic E-state index is 12.2. The summed E-state index contributed by atoms with van der Waals surface area (Å²) in [6.45, 7) is 12.4. The third kappa shape index (κ3) is 4.81. The van der Waals surface area contributed by atoms with Crippen LogP contribution in [0.15, 0.2) is 24.3 Å². The molecule has 0 aliphatic rings. The molecule has 1 heterocycles. The lowest BCUT2D eigenvalue weighted by Crippen LogP contribution is -2.27. The Bertz CT molecular complexity index is 658. The van der Waals surface area contributed by atoms with Crippen molar-refractivity contribution in [2.75, 3.05) is 25.0 Å². The van der Waals surface area contributed by atoms with Gasteiger partial charge in [-0.25, -0.2) is 4.98 Å². The van der Waals surface area contributed by atoms with Crippen molar-refractivity contribution in [1.29, 1.82) is 0 Å². The molecular formula is C19H30N4O. The lowest BCUT2D eigenvalue weighted by atomic mass is 10.1. The van der Waals surface area contributed by atoms with Crippen molar-refractivity contribution in [2.24, 2.45) is 5.92 Å². The molecule has 1 aromatic heterocycles. The number of aromatic nitrogens is 2. The molecule has 0 aliphatic carbocycles. The van der Waals surface area contributed by atoms with E-state index in [1.165, 1.54) is 0 Å². The predicted molar refractivity (Wildman–Crippen MR) is 100 cm³/mol. The van der Waals surface area contributed by atoms with Gasteiger partial charge in [-0.2, -0.15) is 0 Å². The van der Waals surface area contributed by atoms with Crippen LogP contribution < -0.4 is 5.32 Å².